The molecule has 12 heavy (non-hydrogen) atoms. The number of aryl methyl sites for hydroxylation is 2. The predicted octanol–water partition coefficient (Wildman–Crippen LogP) is 3.49. The molecule has 2 aromatic heterocycles. The second kappa shape index (κ2) is 2.99. The summed E-state index contributed by atoms with van der Waals surface area (Å²) in [6, 6.07) is 4.27. The molecule has 0 radical (unpaired) electrons. The van der Waals surface area contributed by atoms with Crippen molar-refractivity contribution in [3.63, 3.8) is 0 Å². The Morgan fingerprint density at radius 3 is 2.58 bits per heavy atom. The van der Waals surface area contributed by atoms with Gasteiger partial charge in [-0.3, -0.25) is 0 Å². The lowest BCUT2D eigenvalue weighted by molar-refractivity contribution is 1.27. The summed E-state index contributed by atoms with van der Waals surface area (Å²) in [5.41, 5.74) is 1.11. The molecule has 1 nitrogen and oxygen atoms in total. The van der Waals surface area contributed by atoms with Crippen LogP contribution in [0.25, 0.3) is 9.88 Å². The van der Waals surface area contributed by atoms with E-state index >= 15 is 0 Å². The molecule has 2 heterocycles. The van der Waals surface area contributed by atoms with Crippen LogP contribution in [0.15, 0.2) is 17.5 Å². The van der Waals surface area contributed by atoms with Crippen LogP contribution in [-0.2, 0) is 0 Å². The molecule has 0 amide bonds. The molecule has 0 aliphatic rings. The maximum absolute atomic E-state index is 4.42. The minimum Gasteiger partial charge on any atom is -0.241 e. The second-order valence-electron chi connectivity index (χ2n) is 2.70. The Balaban J connectivity index is 2.43. The number of aromatic nitrogens is 1. The van der Waals surface area contributed by atoms with E-state index in [9.17, 15) is 0 Å². The third-order valence-electron chi connectivity index (χ3n) is 1.57. The minimum absolute atomic E-state index is 1.11. The van der Waals surface area contributed by atoms with Gasteiger partial charge in [0.05, 0.1) is 4.88 Å². The normalized spacial score (nSPS) is 10.5. The van der Waals surface area contributed by atoms with Gasteiger partial charge >= 0.3 is 0 Å². The third-order valence-corrected chi connectivity index (χ3v) is 3.70. The zero-order chi connectivity index (χ0) is 8.55. The van der Waals surface area contributed by atoms with Gasteiger partial charge in [0.15, 0.2) is 0 Å². The largest absolute Gasteiger partial charge is 0.241 e. The summed E-state index contributed by atoms with van der Waals surface area (Å²) < 4.78 is 0. The first-order chi connectivity index (χ1) is 5.75. The molecular formula is C9H9NS2. The van der Waals surface area contributed by atoms with E-state index in [4.69, 9.17) is 0 Å². The number of hydrogen-bond acceptors (Lipinski definition) is 3. The van der Waals surface area contributed by atoms with Crippen LogP contribution in [0.4, 0.5) is 0 Å². The molecule has 0 fully saturated rings. The number of thiophene rings is 1. The number of thiazole rings is 1. The van der Waals surface area contributed by atoms with E-state index in [-0.39, 0.29) is 0 Å². The highest BCUT2D eigenvalue weighted by Crippen LogP contribution is 2.29. The van der Waals surface area contributed by atoms with Crippen molar-refractivity contribution in [1.29, 1.82) is 0 Å². The molecule has 0 spiro atoms. The average Bonchev–Trinajstić information content (AvgIpc) is 2.58. The highest BCUT2D eigenvalue weighted by Gasteiger charge is 2.03. The summed E-state index contributed by atoms with van der Waals surface area (Å²) in [4.78, 5) is 7.05. The maximum atomic E-state index is 4.42. The van der Waals surface area contributed by atoms with E-state index in [1.807, 2.05) is 6.92 Å². The van der Waals surface area contributed by atoms with Crippen LogP contribution in [0.2, 0.25) is 0 Å². The summed E-state index contributed by atoms with van der Waals surface area (Å²) in [7, 11) is 0. The van der Waals surface area contributed by atoms with Crippen LogP contribution in [0, 0.1) is 13.8 Å². The molecule has 0 aliphatic heterocycles. The molecule has 0 bridgehead atoms. The van der Waals surface area contributed by atoms with E-state index in [0.717, 1.165) is 10.7 Å². The molecule has 0 atom stereocenters. The van der Waals surface area contributed by atoms with E-state index in [1.54, 1.807) is 22.7 Å². The van der Waals surface area contributed by atoms with E-state index in [0.29, 0.717) is 0 Å². The van der Waals surface area contributed by atoms with Crippen LogP contribution in [0.3, 0.4) is 0 Å². The van der Waals surface area contributed by atoms with Crippen LogP contribution in [0.1, 0.15) is 10.6 Å². The molecule has 0 aliphatic carbocycles. The van der Waals surface area contributed by atoms with Crippen LogP contribution >= 0.6 is 22.7 Å². The lowest BCUT2D eigenvalue weighted by Gasteiger charge is -1.85. The summed E-state index contributed by atoms with van der Waals surface area (Å²) >= 11 is 3.52. The maximum Gasteiger partial charge on any atom is 0.133 e. The summed E-state index contributed by atoms with van der Waals surface area (Å²) in [6.45, 7) is 4.15. The Hall–Kier alpha value is -0.670. The zero-order valence-electron chi connectivity index (χ0n) is 7.00. The zero-order valence-corrected chi connectivity index (χ0v) is 8.63. The van der Waals surface area contributed by atoms with Crippen LogP contribution in [0.5, 0.6) is 0 Å². The van der Waals surface area contributed by atoms with Crippen molar-refractivity contribution >= 4 is 22.7 Å². The number of rotatable bonds is 1. The van der Waals surface area contributed by atoms with Crippen molar-refractivity contribution in [2.45, 2.75) is 13.8 Å². The van der Waals surface area contributed by atoms with Crippen molar-refractivity contribution in [2.24, 2.45) is 0 Å². The van der Waals surface area contributed by atoms with Gasteiger partial charge in [0.1, 0.15) is 5.01 Å². The lowest BCUT2D eigenvalue weighted by atomic mass is 10.4. The average molecular weight is 195 g/mol. The molecule has 0 N–H and O–H groups in total. The highest BCUT2D eigenvalue weighted by atomic mass is 32.1. The van der Waals surface area contributed by atoms with Gasteiger partial charge in [-0.1, -0.05) is 0 Å². The van der Waals surface area contributed by atoms with Gasteiger partial charge in [-0.05, 0) is 26.0 Å². The molecule has 3 heteroatoms. The van der Waals surface area contributed by atoms with Crippen LogP contribution < -0.4 is 0 Å². The topological polar surface area (TPSA) is 12.9 Å². The molecule has 62 valence electrons. The fraction of sp³-hybridized carbons (Fsp3) is 0.222. The molecule has 0 aromatic carbocycles. The van der Waals surface area contributed by atoms with Crippen molar-refractivity contribution in [2.75, 3.05) is 0 Å². The van der Waals surface area contributed by atoms with Gasteiger partial charge < -0.3 is 0 Å². The predicted molar refractivity (Wildman–Crippen MR) is 54.9 cm³/mol. The van der Waals surface area contributed by atoms with E-state index in [2.05, 4.69) is 29.4 Å². The molecule has 2 rings (SSSR count). The summed E-state index contributed by atoms with van der Waals surface area (Å²) in [6.07, 6.45) is 0. The van der Waals surface area contributed by atoms with Gasteiger partial charge in [0.2, 0.25) is 0 Å². The summed E-state index contributed by atoms with van der Waals surface area (Å²) in [5.74, 6) is 0. The smallest absolute Gasteiger partial charge is 0.133 e. The standard InChI is InChI=1S/C9H9NS2/c1-6-5-11-9(10-6)8-4-3-7(2)12-8/h3-5H,1-2H3. The Morgan fingerprint density at radius 1 is 1.25 bits per heavy atom. The van der Waals surface area contributed by atoms with E-state index in [1.165, 1.54) is 9.75 Å². The minimum atomic E-state index is 1.11. The first-order valence-electron chi connectivity index (χ1n) is 3.74. The Labute approximate surface area is 79.7 Å². The number of nitrogens with zero attached hydrogens (tertiary/aromatic N) is 1. The lowest BCUT2D eigenvalue weighted by Crippen LogP contribution is -1.69. The molecule has 2 aromatic rings. The van der Waals surface area contributed by atoms with Crippen molar-refractivity contribution < 1.29 is 0 Å². The van der Waals surface area contributed by atoms with Gasteiger partial charge in [-0.15, -0.1) is 22.7 Å². The number of hydrogen-bond donors (Lipinski definition) is 0. The first-order valence-corrected chi connectivity index (χ1v) is 5.44. The Bertz CT molecular complexity index is 348. The van der Waals surface area contributed by atoms with Crippen LogP contribution in [-0.4, -0.2) is 4.98 Å². The van der Waals surface area contributed by atoms with E-state index < -0.39 is 0 Å². The molecule has 0 saturated carbocycles. The molecule has 0 unspecified atom stereocenters. The highest BCUT2D eigenvalue weighted by molar-refractivity contribution is 7.21. The fourth-order valence-electron chi connectivity index (χ4n) is 1.02. The Kier molecular flexibility index (Phi) is 1.98. The Morgan fingerprint density at radius 2 is 2.08 bits per heavy atom. The van der Waals surface area contributed by atoms with Crippen molar-refractivity contribution in [3.05, 3.63) is 28.1 Å². The second-order valence-corrected chi connectivity index (χ2v) is 4.85. The third kappa shape index (κ3) is 1.42. The summed E-state index contributed by atoms with van der Waals surface area (Å²) in [5, 5.41) is 3.23. The molecular weight excluding hydrogens is 186 g/mol. The van der Waals surface area contributed by atoms with Gasteiger partial charge in [-0.25, -0.2) is 4.98 Å². The molecule has 0 saturated heterocycles. The fourth-order valence-corrected chi connectivity index (χ4v) is 2.75. The van der Waals surface area contributed by atoms with Gasteiger partial charge in [-0.2, -0.15) is 0 Å². The quantitative estimate of drug-likeness (QED) is 0.678. The first kappa shape index (κ1) is 7.95. The van der Waals surface area contributed by atoms with Crippen molar-refractivity contribution in [1.82, 2.24) is 4.98 Å². The van der Waals surface area contributed by atoms with Gasteiger partial charge in [0.25, 0.3) is 0 Å². The van der Waals surface area contributed by atoms with Gasteiger partial charge in [0, 0.05) is 16.0 Å². The SMILES string of the molecule is Cc1csc(-c2ccc(C)s2)n1. The monoisotopic (exact) mass is 195 g/mol. The van der Waals surface area contributed by atoms with Crippen molar-refractivity contribution in [3.8, 4) is 9.88 Å².